The Balaban J connectivity index is 2.29. The number of hydrogen-bond donors (Lipinski definition) is 1. The van der Waals surface area contributed by atoms with Crippen LogP contribution in [0.2, 0.25) is 0 Å². The SMILES string of the molecule is Cc1ccc(CCN(C)CCNC(C)C)cc1C. The third-order valence-corrected chi connectivity index (χ3v) is 3.40. The molecule has 0 saturated carbocycles. The van der Waals surface area contributed by atoms with Crippen LogP contribution in [-0.4, -0.2) is 37.6 Å². The van der Waals surface area contributed by atoms with Crippen molar-refractivity contribution < 1.29 is 0 Å². The van der Waals surface area contributed by atoms with Crippen LogP contribution in [0.1, 0.15) is 30.5 Å². The molecule has 2 heteroatoms. The Bertz CT molecular complexity index is 358. The molecule has 0 aliphatic carbocycles. The number of nitrogens with one attached hydrogen (secondary N) is 1. The number of aryl methyl sites for hydroxylation is 2. The number of benzene rings is 1. The van der Waals surface area contributed by atoms with Crippen LogP contribution in [-0.2, 0) is 6.42 Å². The molecule has 0 aromatic heterocycles. The van der Waals surface area contributed by atoms with Crippen molar-refractivity contribution in [1.82, 2.24) is 10.2 Å². The number of rotatable bonds is 7. The van der Waals surface area contributed by atoms with Crippen molar-refractivity contribution in [2.75, 3.05) is 26.7 Å². The van der Waals surface area contributed by atoms with E-state index in [2.05, 4.69) is 63.2 Å². The number of hydrogen-bond acceptors (Lipinski definition) is 2. The smallest absolute Gasteiger partial charge is 0.0104 e. The Morgan fingerprint density at radius 3 is 2.44 bits per heavy atom. The average Bonchev–Trinajstić information content (AvgIpc) is 2.30. The molecular weight excluding hydrogens is 220 g/mol. The Labute approximate surface area is 112 Å². The van der Waals surface area contributed by atoms with E-state index in [4.69, 9.17) is 0 Å². The summed E-state index contributed by atoms with van der Waals surface area (Å²) in [4.78, 5) is 2.39. The van der Waals surface area contributed by atoms with Crippen molar-refractivity contribution in [1.29, 1.82) is 0 Å². The minimum Gasteiger partial charge on any atom is -0.313 e. The molecule has 1 aromatic carbocycles. The van der Waals surface area contributed by atoms with Crippen molar-refractivity contribution >= 4 is 0 Å². The molecule has 0 bridgehead atoms. The lowest BCUT2D eigenvalue weighted by Gasteiger charge is -2.18. The van der Waals surface area contributed by atoms with Gasteiger partial charge in [0.15, 0.2) is 0 Å². The molecule has 0 aliphatic heterocycles. The van der Waals surface area contributed by atoms with Gasteiger partial charge in [-0.1, -0.05) is 32.0 Å². The fraction of sp³-hybridized carbons (Fsp3) is 0.625. The van der Waals surface area contributed by atoms with Crippen molar-refractivity contribution in [3.05, 3.63) is 34.9 Å². The van der Waals surface area contributed by atoms with Gasteiger partial charge in [-0.25, -0.2) is 0 Å². The fourth-order valence-electron chi connectivity index (χ4n) is 1.93. The van der Waals surface area contributed by atoms with Crippen LogP contribution in [0.3, 0.4) is 0 Å². The third-order valence-electron chi connectivity index (χ3n) is 3.40. The van der Waals surface area contributed by atoms with Gasteiger partial charge in [-0.15, -0.1) is 0 Å². The maximum atomic E-state index is 3.45. The first kappa shape index (κ1) is 15.2. The van der Waals surface area contributed by atoms with E-state index in [0.29, 0.717) is 6.04 Å². The summed E-state index contributed by atoms with van der Waals surface area (Å²) < 4.78 is 0. The number of likely N-dealkylation sites (N-methyl/N-ethyl adjacent to an activating group) is 1. The van der Waals surface area contributed by atoms with Crippen LogP contribution < -0.4 is 5.32 Å². The van der Waals surface area contributed by atoms with E-state index in [1.807, 2.05) is 0 Å². The van der Waals surface area contributed by atoms with Gasteiger partial charge in [0.05, 0.1) is 0 Å². The monoisotopic (exact) mass is 248 g/mol. The zero-order chi connectivity index (χ0) is 13.5. The second-order valence-electron chi connectivity index (χ2n) is 5.58. The van der Waals surface area contributed by atoms with Gasteiger partial charge in [0.25, 0.3) is 0 Å². The fourth-order valence-corrected chi connectivity index (χ4v) is 1.93. The summed E-state index contributed by atoms with van der Waals surface area (Å²) in [5.41, 5.74) is 4.23. The Morgan fingerprint density at radius 1 is 1.11 bits per heavy atom. The predicted molar refractivity (Wildman–Crippen MR) is 80.3 cm³/mol. The van der Waals surface area contributed by atoms with Gasteiger partial charge >= 0.3 is 0 Å². The molecule has 102 valence electrons. The van der Waals surface area contributed by atoms with Gasteiger partial charge in [0, 0.05) is 25.7 Å². The highest BCUT2D eigenvalue weighted by Crippen LogP contribution is 2.10. The molecule has 0 unspecified atom stereocenters. The molecular formula is C16H28N2. The van der Waals surface area contributed by atoms with E-state index in [-0.39, 0.29) is 0 Å². The molecule has 0 radical (unpaired) electrons. The van der Waals surface area contributed by atoms with Crippen molar-refractivity contribution in [3.8, 4) is 0 Å². The van der Waals surface area contributed by atoms with Gasteiger partial charge < -0.3 is 10.2 Å². The highest BCUT2D eigenvalue weighted by molar-refractivity contribution is 5.30. The minimum absolute atomic E-state index is 0.582. The molecule has 0 fully saturated rings. The van der Waals surface area contributed by atoms with E-state index < -0.39 is 0 Å². The Kier molecular flexibility index (Phi) is 6.37. The van der Waals surface area contributed by atoms with Crippen molar-refractivity contribution in [2.24, 2.45) is 0 Å². The van der Waals surface area contributed by atoms with E-state index in [0.717, 1.165) is 26.1 Å². The van der Waals surface area contributed by atoms with Crippen molar-refractivity contribution in [3.63, 3.8) is 0 Å². The first-order valence-electron chi connectivity index (χ1n) is 6.97. The largest absolute Gasteiger partial charge is 0.313 e. The summed E-state index contributed by atoms with van der Waals surface area (Å²) in [6, 6.07) is 7.38. The van der Waals surface area contributed by atoms with Crippen molar-refractivity contribution in [2.45, 2.75) is 40.2 Å². The topological polar surface area (TPSA) is 15.3 Å². The van der Waals surface area contributed by atoms with E-state index in [9.17, 15) is 0 Å². The van der Waals surface area contributed by atoms with Gasteiger partial charge in [0.2, 0.25) is 0 Å². The first-order chi connectivity index (χ1) is 8.49. The second kappa shape index (κ2) is 7.55. The quantitative estimate of drug-likeness (QED) is 0.798. The summed E-state index contributed by atoms with van der Waals surface area (Å²) in [5.74, 6) is 0. The van der Waals surface area contributed by atoms with Crippen LogP contribution in [0.5, 0.6) is 0 Å². The lowest BCUT2D eigenvalue weighted by atomic mass is 10.0. The highest BCUT2D eigenvalue weighted by atomic mass is 15.1. The summed E-state index contributed by atoms with van der Waals surface area (Å²) in [7, 11) is 2.20. The maximum absolute atomic E-state index is 3.45. The minimum atomic E-state index is 0.582. The lowest BCUT2D eigenvalue weighted by molar-refractivity contribution is 0.331. The summed E-state index contributed by atoms with van der Waals surface area (Å²) in [6.07, 6.45) is 1.14. The average molecular weight is 248 g/mol. The summed E-state index contributed by atoms with van der Waals surface area (Å²) in [6.45, 7) is 12.1. The van der Waals surface area contributed by atoms with Crippen LogP contribution in [0.15, 0.2) is 18.2 Å². The summed E-state index contributed by atoms with van der Waals surface area (Å²) >= 11 is 0. The molecule has 0 amide bonds. The molecule has 0 saturated heterocycles. The van der Waals surface area contributed by atoms with Gasteiger partial charge in [-0.3, -0.25) is 0 Å². The molecule has 0 atom stereocenters. The molecule has 1 aromatic rings. The van der Waals surface area contributed by atoms with E-state index >= 15 is 0 Å². The molecule has 1 N–H and O–H groups in total. The van der Waals surface area contributed by atoms with E-state index in [1.165, 1.54) is 16.7 Å². The molecule has 0 aliphatic rings. The maximum Gasteiger partial charge on any atom is 0.0104 e. The van der Waals surface area contributed by atoms with Crippen LogP contribution in [0.25, 0.3) is 0 Å². The molecule has 0 heterocycles. The zero-order valence-electron chi connectivity index (χ0n) is 12.6. The Morgan fingerprint density at radius 2 is 1.83 bits per heavy atom. The predicted octanol–water partition coefficient (Wildman–Crippen LogP) is 2.78. The molecule has 2 nitrogen and oxygen atoms in total. The second-order valence-corrected chi connectivity index (χ2v) is 5.58. The van der Waals surface area contributed by atoms with Gasteiger partial charge in [0.1, 0.15) is 0 Å². The zero-order valence-corrected chi connectivity index (χ0v) is 12.6. The molecule has 18 heavy (non-hydrogen) atoms. The number of nitrogens with zero attached hydrogens (tertiary/aromatic N) is 1. The van der Waals surface area contributed by atoms with Crippen LogP contribution >= 0.6 is 0 Å². The van der Waals surface area contributed by atoms with Gasteiger partial charge in [-0.05, 0) is 44.0 Å². The van der Waals surface area contributed by atoms with Gasteiger partial charge in [-0.2, -0.15) is 0 Å². The van der Waals surface area contributed by atoms with Crippen LogP contribution in [0.4, 0.5) is 0 Å². The van der Waals surface area contributed by atoms with Crippen LogP contribution in [0, 0.1) is 13.8 Å². The first-order valence-corrected chi connectivity index (χ1v) is 6.97. The molecule has 0 spiro atoms. The van der Waals surface area contributed by atoms with E-state index in [1.54, 1.807) is 0 Å². The normalized spacial score (nSPS) is 11.5. The lowest BCUT2D eigenvalue weighted by Crippen LogP contribution is -2.33. The summed E-state index contributed by atoms with van der Waals surface area (Å²) in [5, 5.41) is 3.45. The Hall–Kier alpha value is -0.860. The molecule has 1 rings (SSSR count). The third kappa shape index (κ3) is 5.65. The highest BCUT2D eigenvalue weighted by Gasteiger charge is 2.01. The standard InChI is InChI=1S/C16H28N2/c1-13(2)17-9-11-18(5)10-8-16-7-6-14(3)15(4)12-16/h6-7,12-13,17H,8-11H2,1-5H3.